The SMILES string of the molecule is CN1CCN(c2ccnc3[nH]c(-c4n[nH]c5ccc(-c6cncc(CN7CCC(F)(F)C7)c6)nc45)cc23)CC1. The van der Waals surface area contributed by atoms with Crippen molar-refractivity contribution >= 4 is 27.8 Å². The third-order valence-corrected chi connectivity index (χ3v) is 7.76. The van der Waals surface area contributed by atoms with Gasteiger partial charge in [-0.3, -0.25) is 15.0 Å². The summed E-state index contributed by atoms with van der Waals surface area (Å²) >= 11 is 0. The van der Waals surface area contributed by atoms with Crippen molar-refractivity contribution in [3.05, 3.63) is 54.5 Å². The zero-order chi connectivity index (χ0) is 26.6. The molecule has 0 bridgehead atoms. The zero-order valence-corrected chi connectivity index (χ0v) is 21.7. The molecule has 0 atom stereocenters. The molecule has 0 spiro atoms. The van der Waals surface area contributed by atoms with Gasteiger partial charge >= 0.3 is 0 Å². The van der Waals surface area contributed by atoms with Gasteiger partial charge in [-0.2, -0.15) is 5.10 Å². The first-order chi connectivity index (χ1) is 18.9. The van der Waals surface area contributed by atoms with E-state index in [1.165, 1.54) is 5.69 Å². The van der Waals surface area contributed by atoms with E-state index in [1.54, 1.807) is 17.3 Å². The van der Waals surface area contributed by atoms with Crippen LogP contribution >= 0.6 is 0 Å². The molecule has 11 heteroatoms. The van der Waals surface area contributed by atoms with Crippen LogP contribution in [0.4, 0.5) is 14.5 Å². The van der Waals surface area contributed by atoms with E-state index in [1.807, 2.05) is 24.4 Å². The average Bonchev–Trinajstić information content (AvgIpc) is 3.64. The highest BCUT2D eigenvalue weighted by Crippen LogP contribution is 2.33. The number of likely N-dealkylation sites (tertiary alicyclic amines) is 1. The van der Waals surface area contributed by atoms with Crippen molar-refractivity contribution < 1.29 is 8.78 Å². The van der Waals surface area contributed by atoms with Crippen LogP contribution in [0.1, 0.15) is 12.0 Å². The van der Waals surface area contributed by atoms with E-state index in [-0.39, 0.29) is 13.0 Å². The van der Waals surface area contributed by atoms with Crippen LogP contribution in [0, 0.1) is 0 Å². The summed E-state index contributed by atoms with van der Waals surface area (Å²) in [5.41, 5.74) is 7.59. The summed E-state index contributed by atoms with van der Waals surface area (Å²) in [7, 11) is 2.15. The standard InChI is InChI=1S/C28H29F2N9/c1-37-8-10-39(11-9-37)24-4-6-32-27-20(24)13-23(34-27)26-25-22(35-36-26)3-2-21(33-25)19-12-18(14-31-15-19)16-38-7-5-28(29,30)17-38/h2-4,6,12-15H,5,7-11,16-17H2,1H3,(H,32,34)(H,35,36). The molecule has 0 aliphatic carbocycles. The van der Waals surface area contributed by atoms with Gasteiger partial charge in [-0.15, -0.1) is 0 Å². The van der Waals surface area contributed by atoms with Gasteiger partial charge in [-0.25, -0.2) is 18.7 Å². The van der Waals surface area contributed by atoms with Crippen molar-refractivity contribution in [3.8, 4) is 22.6 Å². The number of piperazine rings is 1. The summed E-state index contributed by atoms with van der Waals surface area (Å²) in [4.78, 5) is 23.9. The van der Waals surface area contributed by atoms with Crippen LogP contribution in [0.3, 0.4) is 0 Å². The van der Waals surface area contributed by atoms with E-state index in [0.717, 1.165) is 76.5 Å². The first-order valence-electron chi connectivity index (χ1n) is 13.2. The van der Waals surface area contributed by atoms with Crippen molar-refractivity contribution in [2.24, 2.45) is 0 Å². The number of halogens is 2. The van der Waals surface area contributed by atoms with Crippen LogP contribution < -0.4 is 4.90 Å². The van der Waals surface area contributed by atoms with E-state index >= 15 is 0 Å². The number of alkyl halides is 2. The molecule has 7 heterocycles. The summed E-state index contributed by atoms with van der Waals surface area (Å²) in [6, 6.07) is 10.0. The third kappa shape index (κ3) is 4.61. The van der Waals surface area contributed by atoms with Crippen LogP contribution in [0.25, 0.3) is 44.7 Å². The van der Waals surface area contributed by atoms with Gasteiger partial charge in [0.15, 0.2) is 0 Å². The Hall–Kier alpha value is -3.96. The number of likely N-dealkylation sites (N-methyl/N-ethyl adjacent to an activating group) is 1. The number of H-pyrrole nitrogens is 2. The third-order valence-electron chi connectivity index (χ3n) is 7.76. The van der Waals surface area contributed by atoms with Gasteiger partial charge in [0.2, 0.25) is 0 Å². The number of rotatable bonds is 5. The van der Waals surface area contributed by atoms with Crippen LogP contribution in [0.15, 0.2) is 48.9 Å². The van der Waals surface area contributed by atoms with Crippen LogP contribution in [-0.4, -0.2) is 92.2 Å². The van der Waals surface area contributed by atoms with Crippen molar-refractivity contribution in [2.45, 2.75) is 18.9 Å². The number of pyridine rings is 3. The highest BCUT2D eigenvalue weighted by atomic mass is 19.3. The van der Waals surface area contributed by atoms with E-state index in [2.05, 4.69) is 54.1 Å². The van der Waals surface area contributed by atoms with Gasteiger partial charge in [0, 0.05) is 80.9 Å². The topological polar surface area (TPSA) is 92.9 Å². The lowest BCUT2D eigenvalue weighted by Crippen LogP contribution is -2.44. The number of anilines is 1. The van der Waals surface area contributed by atoms with Crippen LogP contribution in [0.5, 0.6) is 0 Å². The smallest absolute Gasteiger partial charge is 0.261 e. The molecule has 9 nitrogen and oxygen atoms in total. The molecule has 2 aliphatic rings. The number of hydrogen-bond donors (Lipinski definition) is 2. The van der Waals surface area contributed by atoms with Crippen molar-refractivity contribution in [3.63, 3.8) is 0 Å². The first-order valence-corrected chi connectivity index (χ1v) is 13.2. The van der Waals surface area contributed by atoms with Gasteiger partial charge < -0.3 is 14.8 Å². The minimum Gasteiger partial charge on any atom is -0.368 e. The van der Waals surface area contributed by atoms with Crippen LogP contribution in [-0.2, 0) is 6.54 Å². The lowest BCUT2D eigenvalue weighted by molar-refractivity contribution is 0.0115. The number of hydrogen-bond acceptors (Lipinski definition) is 7. The predicted molar refractivity (Wildman–Crippen MR) is 147 cm³/mol. The number of aromatic nitrogens is 6. The number of fused-ring (bicyclic) bond motifs is 2. The molecule has 0 unspecified atom stereocenters. The molecule has 2 saturated heterocycles. The molecule has 7 rings (SSSR count). The highest BCUT2D eigenvalue weighted by Gasteiger charge is 2.37. The van der Waals surface area contributed by atoms with Gasteiger partial charge in [-0.05, 0) is 42.9 Å². The minimum atomic E-state index is -2.61. The molecule has 39 heavy (non-hydrogen) atoms. The van der Waals surface area contributed by atoms with Gasteiger partial charge in [-0.1, -0.05) is 0 Å². The minimum absolute atomic E-state index is 0.0955. The molecular weight excluding hydrogens is 500 g/mol. The Balaban J connectivity index is 1.21. The molecule has 0 radical (unpaired) electrons. The molecular formula is C28H29F2N9. The summed E-state index contributed by atoms with van der Waals surface area (Å²) in [5.74, 6) is -2.61. The average molecular weight is 530 g/mol. The van der Waals surface area contributed by atoms with Crippen molar-refractivity contribution in [1.82, 2.24) is 39.9 Å². The summed E-state index contributed by atoms with van der Waals surface area (Å²) in [5, 5.41) is 8.75. The lowest BCUT2D eigenvalue weighted by Gasteiger charge is -2.34. The molecule has 5 aromatic heterocycles. The second-order valence-electron chi connectivity index (χ2n) is 10.6. The maximum Gasteiger partial charge on any atom is 0.261 e. The zero-order valence-electron chi connectivity index (χ0n) is 21.7. The molecule has 2 N–H and O–H groups in total. The van der Waals surface area contributed by atoms with E-state index < -0.39 is 5.92 Å². The Bertz CT molecular complexity index is 1650. The quantitative estimate of drug-likeness (QED) is 0.353. The van der Waals surface area contributed by atoms with Gasteiger partial charge in [0.25, 0.3) is 5.92 Å². The maximum absolute atomic E-state index is 13.6. The number of nitrogens with one attached hydrogen (secondary N) is 2. The molecule has 0 aromatic carbocycles. The maximum atomic E-state index is 13.6. The number of aromatic amines is 2. The Morgan fingerprint density at radius 3 is 2.72 bits per heavy atom. The Morgan fingerprint density at radius 2 is 1.90 bits per heavy atom. The fourth-order valence-corrected chi connectivity index (χ4v) is 5.63. The summed E-state index contributed by atoms with van der Waals surface area (Å²) in [6.45, 7) is 4.61. The van der Waals surface area contributed by atoms with E-state index in [0.29, 0.717) is 13.1 Å². The van der Waals surface area contributed by atoms with Gasteiger partial charge in [0.05, 0.1) is 23.4 Å². The van der Waals surface area contributed by atoms with Gasteiger partial charge in [0.1, 0.15) is 16.9 Å². The Labute approximate surface area is 223 Å². The second-order valence-corrected chi connectivity index (χ2v) is 10.6. The monoisotopic (exact) mass is 529 g/mol. The second kappa shape index (κ2) is 9.35. The fraction of sp³-hybridized carbons (Fsp3) is 0.357. The molecule has 5 aromatic rings. The molecule has 200 valence electrons. The Morgan fingerprint density at radius 1 is 1.03 bits per heavy atom. The lowest BCUT2D eigenvalue weighted by atomic mass is 10.1. The Kier molecular flexibility index (Phi) is 5.78. The normalized spacial score (nSPS) is 18.5. The van der Waals surface area contributed by atoms with E-state index in [9.17, 15) is 8.78 Å². The molecule has 2 aliphatic heterocycles. The highest BCUT2D eigenvalue weighted by molar-refractivity contribution is 5.97. The van der Waals surface area contributed by atoms with Crippen molar-refractivity contribution in [2.75, 3.05) is 51.2 Å². The largest absolute Gasteiger partial charge is 0.368 e. The molecule has 0 saturated carbocycles. The first kappa shape index (κ1) is 24.1. The molecule has 2 fully saturated rings. The fourth-order valence-electron chi connectivity index (χ4n) is 5.63. The molecule has 0 amide bonds. The summed E-state index contributed by atoms with van der Waals surface area (Å²) in [6.07, 6.45) is 5.24. The van der Waals surface area contributed by atoms with E-state index in [4.69, 9.17) is 4.98 Å². The summed E-state index contributed by atoms with van der Waals surface area (Å²) < 4.78 is 27.3. The number of nitrogens with zero attached hydrogens (tertiary/aromatic N) is 7. The predicted octanol–water partition coefficient (Wildman–Crippen LogP) is 4.16. The van der Waals surface area contributed by atoms with Crippen LogP contribution in [0.2, 0.25) is 0 Å². The van der Waals surface area contributed by atoms with Crippen molar-refractivity contribution in [1.29, 1.82) is 0 Å².